The molecule has 1 amide bonds. The van der Waals surface area contributed by atoms with E-state index in [4.69, 9.17) is 28.8 Å². The highest BCUT2D eigenvalue weighted by atomic mass is 16.6. The summed E-state index contributed by atoms with van der Waals surface area (Å²) < 4.78 is 31.1. The molecule has 2 N–H and O–H groups in total. The molecule has 0 bridgehead atoms. The van der Waals surface area contributed by atoms with E-state index in [1.807, 2.05) is 78.9 Å². The van der Waals surface area contributed by atoms with Crippen LogP contribution in [0.4, 0.5) is 5.82 Å². The zero-order valence-electron chi connectivity index (χ0n) is 32.8. The lowest BCUT2D eigenvalue weighted by Crippen LogP contribution is -2.39. The number of anilines is 1. The SMILES string of the molecule is CCN(CC)CC.COc1ccc(C(OC[C@H]2O[C@@H](n3ccc(NC(C)=O)nc3=O)C[C@@H]2OC(=O)CCC(=O)O)(c2ccccc2)c2ccc(OC)cc2)cc1. The van der Waals surface area contributed by atoms with Gasteiger partial charge in [-0.2, -0.15) is 4.98 Å². The fourth-order valence-corrected chi connectivity index (χ4v) is 6.42. The summed E-state index contributed by atoms with van der Waals surface area (Å²) in [6, 6.07) is 26.0. The molecule has 1 aliphatic rings. The monoisotopic (exact) mass is 772 g/mol. The van der Waals surface area contributed by atoms with Crippen molar-refractivity contribution in [2.24, 2.45) is 0 Å². The third-order valence-corrected chi connectivity index (χ3v) is 9.43. The standard InChI is InChI=1S/C36H37N3O10.C6H15N/c1-23(40)37-31-19-20-39(35(44)38-31)32-21-29(49-34(43)18-17-33(41)42)30(48-32)22-47-36(24-7-5-4-6-8-24,25-9-13-27(45-2)14-10-25)26-11-15-28(46-3)16-12-26;1-4-7(5-2)6-3/h4-16,19-20,29-30,32H,17-18,21-22H2,1-3H3,(H,41,42)(H,37,38,40,44);4-6H2,1-3H3/t29-,30+,32+;/m0./s1. The van der Waals surface area contributed by atoms with Gasteiger partial charge in [0.15, 0.2) is 0 Å². The summed E-state index contributed by atoms with van der Waals surface area (Å²) in [6.45, 7) is 11.3. The Labute approximate surface area is 327 Å². The number of aliphatic carboxylic acids is 1. The Balaban J connectivity index is 0.000000908. The number of rotatable bonds is 17. The third kappa shape index (κ3) is 11.2. The topological polar surface area (TPSA) is 168 Å². The van der Waals surface area contributed by atoms with Gasteiger partial charge in [-0.15, -0.1) is 0 Å². The molecular weight excluding hydrogens is 720 g/mol. The highest BCUT2D eigenvalue weighted by Gasteiger charge is 2.44. The number of hydrogen-bond donors (Lipinski definition) is 2. The second kappa shape index (κ2) is 20.9. The van der Waals surface area contributed by atoms with E-state index < -0.39 is 48.1 Å². The Morgan fingerprint density at radius 3 is 1.88 bits per heavy atom. The summed E-state index contributed by atoms with van der Waals surface area (Å²) in [6.07, 6.45) is -1.98. The number of carbonyl (C=O) groups is 3. The van der Waals surface area contributed by atoms with Crippen molar-refractivity contribution in [3.8, 4) is 11.5 Å². The lowest BCUT2D eigenvalue weighted by atomic mass is 9.80. The lowest BCUT2D eigenvalue weighted by Gasteiger charge is -2.37. The van der Waals surface area contributed by atoms with Gasteiger partial charge in [-0.05, 0) is 66.7 Å². The maximum atomic E-state index is 13.0. The van der Waals surface area contributed by atoms with Gasteiger partial charge in [0.05, 0.1) is 33.7 Å². The summed E-state index contributed by atoms with van der Waals surface area (Å²) in [5.74, 6) is -0.870. The van der Waals surface area contributed by atoms with E-state index in [0.29, 0.717) is 11.5 Å². The van der Waals surface area contributed by atoms with Gasteiger partial charge in [0.25, 0.3) is 0 Å². The number of nitrogens with zero attached hydrogens (tertiary/aromatic N) is 3. The van der Waals surface area contributed by atoms with E-state index in [0.717, 1.165) is 16.7 Å². The molecule has 0 saturated carbocycles. The Hall–Kier alpha value is -5.57. The number of amides is 1. The van der Waals surface area contributed by atoms with Crippen LogP contribution in [-0.2, 0) is 34.2 Å². The number of hydrogen-bond acceptors (Lipinski definition) is 11. The Morgan fingerprint density at radius 2 is 1.41 bits per heavy atom. The minimum atomic E-state index is -1.21. The highest BCUT2D eigenvalue weighted by Crippen LogP contribution is 2.43. The van der Waals surface area contributed by atoms with Crippen LogP contribution in [0.1, 0.15) is 69.9 Å². The molecule has 56 heavy (non-hydrogen) atoms. The molecule has 0 unspecified atom stereocenters. The van der Waals surface area contributed by atoms with Crippen LogP contribution in [0.15, 0.2) is 95.9 Å². The van der Waals surface area contributed by atoms with E-state index in [1.54, 1.807) is 14.2 Å². The van der Waals surface area contributed by atoms with Gasteiger partial charge in [-0.25, -0.2) is 4.79 Å². The van der Waals surface area contributed by atoms with Crippen LogP contribution in [0.2, 0.25) is 0 Å². The molecular formula is C42H52N4O10. The number of benzene rings is 3. The summed E-state index contributed by atoms with van der Waals surface area (Å²) in [5.41, 5.74) is 0.427. The molecule has 14 heteroatoms. The van der Waals surface area contributed by atoms with Crippen LogP contribution < -0.4 is 20.5 Å². The van der Waals surface area contributed by atoms with E-state index in [-0.39, 0.29) is 31.2 Å². The van der Waals surface area contributed by atoms with Crippen molar-refractivity contribution in [1.29, 1.82) is 0 Å². The van der Waals surface area contributed by atoms with E-state index in [9.17, 15) is 19.2 Å². The second-order valence-corrected chi connectivity index (χ2v) is 12.9. The van der Waals surface area contributed by atoms with Crippen molar-refractivity contribution in [1.82, 2.24) is 14.5 Å². The van der Waals surface area contributed by atoms with Gasteiger partial charge in [-0.3, -0.25) is 19.0 Å². The van der Waals surface area contributed by atoms with Gasteiger partial charge in [-0.1, -0.05) is 75.4 Å². The first kappa shape index (κ1) is 43.2. The van der Waals surface area contributed by atoms with E-state index in [2.05, 4.69) is 36.0 Å². The summed E-state index contributed by atoms with van der Waals surface area (Å²) in [5, 5.41) is 11.6. The first-order valence-electron chi connectivity index (χ1n) is 18.6. The van der Waals surface area contributed by atoms with Crippen LogP contribution in [0, 0.1) is 0 Å². The van der Waals surface area contributed by atoms with Crippen molar-refractivity contribution in [2.45, 2.75) is 71.0 Å². The smallest absolute Gasteiger partial charge is 0.351 e. The first-order valence-corrected chi connectivity index (χ1v) is 18.6. The van der Waals surface area contributed by atoms with Crippen LogP contribution >= 0.6 is 0 Å². The summed E-state index contributed by atoms with van der Waals surface area (Å²) >= 11 is 0. The van der Waals surface area contributed by atoms with Crippen LogP contribution in [0.5, 0.6) is 11.5 Å². The second-order valence-electron chi connectivity index (χ2n) is 12.9. The Bertz CT molecular complexity index is 1860. The Kier molecular flexibility index (Phi) is 16.1. The zero-order valence-corrected chi connectivity index (χ0v) is 32.8. The molecule has 3 aromatic carbocycles. The average Bonchev–Trinajstić information content (AvgIpc) is 3.60. The Morgan fingerprint density at radius 1 is 0.857 bits per heavy atom. The van der Waals surface area contributed by atoms with Gasteiger partial charge < -0.3 is 39.0 Å². The molecule has 1 aliphatic heterocycles. The number of carbonyl (C=O) groups excluding carboxylic acids is 2. The molecule has 1 saturated heterocycles. The third-order valence-electron chi connectivity index (χ3n) is 9.43. The molecule has 0 aliphatic carbocycles. The quantitative estimate of drug-likeness (QED) is 0.100. The molecule has 5 rings (SSSR count). The zero-order chi connectivity index (χ0) is 40.7. The molecule has 14 nitrogen and oxygen atoms in total. The number of carboxylic acid groups (broad SMARTS) is 1. The van der Waals surface area contributed by atoms with Gasteiger partial charge in [0, 0.05) is 19.5 Å². The lowest BCUT2D eigenvalue weighted by molar-refractivity contribution is -0.157. The van der Waals surface area contributed by atoms with Crippen molar-refractivity contribution in [3.63, 3.8) is 0 Å². The number of esters is 1. The number of nitrogens with one attached hydrogen (secondary N) is 1. The fraction of sp³-hybridized carbons (Fsp3) is 0.405. The molecule has 0 spiro atoms. The molecule has 3 atom stereocenters. The minimum absolute atomic E-state index is 0.0529. The normalized spacial score (nSPS) is 16.4. The highest BCUT2D eigenvalue weighted by molar-refractivity contribution is 5.87. The van der Waals surface area contributed by atoms with Crippen molar-refractivity contribution in [3.05, 3.63) is 118 Å². The largest absolute Gasteiger partial charge is 0.497 e. The van der Waals surface area contributed by atoms with Crippen molar-refractivity contribution >= 4 is 23.7 Å². The maximum Gasteiger partial charge on any atom is 0.351 e. The number of carboxylic acids is 1. The van der Waals surface area contributed by atoms with Gasteiger partial charge >= 0.3 is 17.6 Å². The van der Waals surface area contributed by atoms with Crippen LogP contribution in [0.25, 0.3) is 0 Å². The van der Waals surface area contributed by atoms with Crippen LogP contribution in [0.3, 0.4) is 0 Å². The molecule has 1 aromatic heterocycles. The van der Waals surface area contributed by atoms with Gasteiger partial charge in [0.1, 0.15) is 41.4 Å². The molecule has 1 fully saturated rings. The molecule has 0 radical (unpaired) electrons. The first-order chi connectivity index (χ1) is 27.0. The van der Waals surface area contributed by atoms with E-state index >= 15 is 0 Å². The fourth-order valence-electron chi connectivity index (χ4n) is 6.42. The number of methoxy groups -OCH3 is 2. The average molecular weight is 773 g/mol. The maximum absolute atomic E-state index is 13.0. The molecule has 4 aromatic rings. The predicted molar refractivity (Wildman–Crippen MR) is 210 cm³/mol. The number of aromatic nitrogens is 2. The summed E-state index contributed by atoms with van der Waals surface area (Å²) in [7, 11) is 3.17. The van der Waals surface area contributed by atoms with Gasteiger partial charge in [0.2, 0.25) is 5.91 Å². The number of ether oxygens (including phenoxy) is 5. The predicted octanol–water partition coefficient (Wildman–Crippen LogP) is 5.64. The molecule has 300 valence electrons. The molecule has 2 heterocycles. The summed E-state index contributed by atoms with van der Waals surface area (Å²) in [4.78, 5) is 54.7. The van der Waals surface area contributed by atoms with Crippen molar-refractivity contribution in [2.75, 3.05) is 45.8 Å². The van der Waals surface area contributed by atoms with Crippen LogP contribution in [-0.4, -0.2) is 90.1 Å². The van der Waals surface area contributed by atoms with E-state index in [1.165, 1.54) is 43.4 Å². The minimum Gasteiger partial charge on any atom is -0.497 e. The van der Waals surface area contributed by atoms with Crippen molar-refractivity contribution < 1.29 is 43.2 Å².